The quantitative estimate of drug-likeness (QED) is 0.828. The molecule has 0 amide bonds. The Morgan fingerprint density at radius 3 is 2.37 bits per heavy atom. The third kappa shape index (κ3) is 3.62. The Bertz CT molecular complexity index is 518. The number of rotatable bonds is 5. The van der Waals surface area contributed by atoms with Crippen molar-refractivity contribution in [3.05, 3.63) is 58.5 Å². The molecule has 2 unspecified atom stereocenters. The van der Waals surface area contributed by atoms with Crippen LogP contribution in [0.25, 0.3) is 0 Å². The lowest BCUT2D eigenvalue weighted by Crippen LogP contribution is -2.23. The molecule has 0 spiro atoms. The zero-order valence-corrected chi connectivity index (χ0v) is 12.4. The molecule has 2 aromatic rings. The largest absolute Gasteiger partial charge is 0.465 e. The van der Waals surface area contributed by atoms with Crippen LogP contribution < -0.4 is 5.32 Å². The molecule has 0 aliphatic carbocycles. The van der Waals surface area contributed by atoms with E-state index < -0.39 is 0 Å². The van der Waals surface area contributed by atoms with Crippen LogP contribution in [0.5, 0.6) is 0 Å². The van der Waals surface area contributed by atoms with Crippen LogP contribution in [0.2, 0.25) is 5.02 Å². The number of aryl methyl sites for hydroxylation is 1. The summed E-state index contributed by atoms with van der Waals surface area (Å²) in [6.07, 6.45) is 1.02. The summed E-state index contributed by atoms with van der Waals surface area (Å²) in [6.45, 7) is 6.26. The number of hydrogen-bond donors (Lipinski definition) is 1. The Morgan fingerprint density at radius 1 is 1.16 bits per heavy atom. The first-order valence-electron chi connectivity index (χ1n) is 6.68. The van der Waals surface area contributed by atoms with E-state index in [1.807, 2.05) is 31.2 Å². The van der Waals surface area contributed by atoms with Crippen LogP contribution >= 0.6 is 11.6 Å². The van der Waals surface area contributed by atoms with Crippen molar-refractivity contribution in [2.75, 3.05) is 0 Å². The number of hydrogen-bond acceptors (Lipinski definition) is 2. The predicted octanol–water partition coefficient (Wildman–Crippen LogP) is 5.04. The van der Waals surface area contributed by atoms with Crippen molar-refractivity contribution in [3.63, 3.8) is 0 Å². The lowest BCUT2D eigenvalue weighted by atomic mass is 10.0. The second kappa shape index (κ2) is 6.27. The van der Waals surface area contributed by atoms with E-state index in [0.29, 0.717) is 6.04 Å². The van der Waals surface area contributed by atoms with Crippen molar-refractivity contribution in [3.8, 4) is 0 Å². The number of benzene rings is 1. The van der Waals surface area contributed by atoms with E-state index in [-0.39, 0.29) is 6.04 Å². The number of furan rings is 1. The first-order chi connectivity index (χ1) is 9.10. The van der Waals surface area contributed by atoms with E-state index in [0.717, 1.165) is 23.0 Å². The van der Waals surface area contributed by atoms with Gasteiger partial charge in [0.15, 0.2) is 0 Å². The fraction of sp³-hybridized carbons (Fsp3) is 0.375. The Labute approximate surface area is 119 Å². The summed E-state index contributed by atoms with van der Waals surface area (Å²) >= 11 is 5.93. The second-order valence-corrected chi connectivity index (χ2v) is 5.29. The highest BCUT2D eigenvalue weighted by Crippen LogP contribution is 2.24. The van der Waals surface area contributed by atoms with Crippen molar-refractivity contribution in [1.29, 1.82) is 0 Å². The van der Waals surface area contributed by atoms with E-state index in [1.54, 1.807) is 0 Å². The fourth-order valence-corrected chi connectivity index (χ4v) is 2.34. The van der Waals surface area contributed by atoms with E-state index in [1.165, 1.54) is 5.56 Å². The molecule has 0 bridgehead atoms. The minimum atomic E-state index is 0.189. The molecule has 0 saturated heterocycles. The van der Waals surface area contributed by atoms with Crippen molar-refractivity contribution in [2.45, 2.75) is 39.3 Å². The summed E-state index contributed by atoms with van der Waals surface area (Å²) in [6, 6.07) is 12.5. The van der Waals surface area contributed by atoms with Crippen LogP contribution in [0.4, 0.5) is 0 Å². The van der Waals surface area contributed by atoms with Crippen LogP contribution in [0.1, 0.15) is 49.4 Å². The highest BCUT2D eigenvalue weighted by molar-refractivity contribution is 6.30. The monoisotopic (exact) mass is 277 g/mol. The van der Waals surface area contributed by atoms with Crippen molar-refractivity contribution in [2.24, 2.45) is 0 Å². The third-order valence-electron chi connectivity index (χ3n) is 3.32. The van der Waals surface area contributed by atoms with E-state index in [9.17, 15) is 0 Å². The molecule has 0 fully saturated rings. The average Bonchev–Trinajstić information content (AvgIpc) is 2.84. The third-order valence-corrected chi connectivity index (χ3v) is 3.57. The molecule has 1 aromatic carbocycles. The zero-order chi connectivity index (χ0) is 13.8. The maximum atomic E-state index is 5.93. The molecule has 2 nitrogen and oxygen atoms in total. The Kier molecular flexibility index (Phi) is 4.67. The van der Waals surface area contributed by atoms with Gasteiger partial charge in [-0.2, -0.15) is 0 Å². The predicted molar refractivity (Wildman–Crippen MR) is 79.5 cm³/mol. The lowest BCUT2D eigenvalue weighted by molar-refractivity contribution is 0.378. The normalized spacial score (nSPS) is 14.3. The molecule has 3 heteroatoms. The number of nitrogens with one attached hydrogen (secondary N) is 1. The van der Waals surface area contributed by atoms with Crippen LogP contribution in [-0.2, 0) is 0 Å². The minimum absolute atomic E-state index is 0.189. The van der Waals surface area contributed by atoms with Crippen LogP contribution in [0.3, 0.4) is 0 Å². The van der Waals surface area contributed by atoms with Gasteiger partial charge in [0.1, 0.15) is 11.5 Å². The Balaban J connectivity index is 2.08. The highest BCUT2D eigenvalue weighted by atomic mass is 35.5. The minimum Gasteiger partial charge on any atom is -0.465 e. The van der Waals surface area contributed by atoms with Gasteiger partial charge in [0.25, 0.3) is 0 Å². The van der Waals surface area contributed by atoms with Gasteiger partial charge in [-0.05, 0) is 50.1 Å². The van der Waals surface area contributed by atoms with Gasteiger partial charge < -0.3 is 9.73 Å². The molecule has 1 aromatic heterocycles. The van der Waals surface area contributed by atoms with Gasteiger partial charge >= 0.3 is 0 Å². The van der Waals surface area contributed by atoms with Crippen molar-refractivity contribution < 1.29 is 4.42 Å². The van der Waals surface area contributed by atoms with Crippen LogP contribution in [0, 0.1) is 6.92 Å². The second-order valence-electron chi connectivity index (χ2n) is 4.85. The molecule has 0 radical (unpaired) electrons. The molecule has 19 heavy (non-hydrogen) atoms. The van der Waals surface area contributed by atoms with Crippen molar-refractivity contribution in [1.82, 2.24) is 5.32 Å². The van der Waals surface area contributed by atoms with E-state index >= 15 is 0 Å². The van der Waals surface area contributed by atoms with Gasteiger partial charge in [-0.15, -0.1) is 0 Å². The Hall–Kier alpha value is -1.25. The van der Waals surface area contributed by atoms with Gasteiger partial charge in [-0.25, -0.2) is 0 Å². The number of halogens is 1. The smallest absolute Gasteiger partial charge is 0.120 e. The molecule has 0 aliphatic rings. The molecule has 1 N–H and O–H groups in total. The first-order valence-corrected chi connectivity index (χ1v) is 7.05. The molecular formula is C16H20ClNO. The maximum absolute atomic E-state index is 5.93. The summed E-state index contributed by atoms with van der Waals surface area (Å²) in [7, 11) is 0. The average molecular weight is 278 g/mol. The van der Waals surface area contributed by atoms with Crippen LogP contribution in [0.15, 0.2) is 40.8 Å². The molecule has 0 saturated carbocycles. The van der Waals surface area contributed by atoms with Gasteiger partial charge in [0.05, 0.1) is 6.04 Å². The summed E-state index contributed by atoms with van der Waals surface area (Å²) < 4.78 is 5.66. The summed E-state index contributed by atoms with van der Waals surface area (Å²) in [5.41, 5.74) is 1.25. The summed E-state index contributed by atoms with van der Waals surface area (Å²) in [5.74, 6) is 1.92. The van der Waals surface area contributed by atoms with Gasteiger partial charge in [-0.3, -0.25) is 0 Å². The van der Waals surface area contributed by atoms with Crippen LogP contribution in [-0.4, -0.2) is 0 Å². The summed E-state index contributed by atoms with van der Waals surface area (Å²) in [5, 5.41) is 4.37. The SMILES string of the molecule is CCC(NC(C)c1ccc(C)o1)c1ccc(Cl)cc1. The highest BCUT2D eigenvalue weighted by Gasteiger charge is 2.15. The zero-order valence-electron chi connectivity index (χ0n) is 11.6. The van der Waals surface area contributed by atoms with Gasteiger partial charge in [0, 0.05) is 11.1 Å². The fourth-order valence-electron chi connectivity index (χ4n) is 2.21. The lowest BCUT2D eigenvalue weighted by Gasteiger charge is -2.21. The maximum Gasteiger partial charge on any atom is 0.120 e. The molecule has 0 aliphatic heterocycles. The van der Waals surface area contributed by atoms with Gasteiger partial charge in [0.2, 0.25) is 0 Å². The standard InChI is InChI=1S/C16H20ClNO/c1-4-15(13-6-8-14(17)9-7-13)18-12(3)16-10-5-11(2)19-16/h5-10,12,15,18H,4H2,1-3H3. The van der Waals surface area contributed by atoms with Crippen molar-refractivity contribution >= 4 is 11.6 Å². The first kappa shape index (κ1) is 14.2. The molecule has 1 heterocycles. The molecule has 2 rings (SSSR count). The molecule has 2 atom stereocenters. The van der Waals surface area contributed by atoms with Gasteiger partial charge in [-0.1, -0.05) is 30.7 Å². The Morgan fingerprint density at radius 2 is 1.84 bits per heavy atom. The van der Waals surface area contributed by atoms with E-state index in [2.05, 4.69) is 31.3 Å². The summed E-state index contributed by atoms with van der Waals surface area (Å²) in [4.78, 5) is 0. The molecule has 102 valence electrons. The van der Waals surface area contributed by atoms with E-state index in [4.69, 9.17) is 16.0 Å². The molecular weight excluding hydrogens is 258 g/mol. The topological polar surface area (TPSA) is 25.2 Å².